The van der Waals surface area contributed by atoms with Gasteiger partial charge in [0.25, 0.3) is 6.71 Å². The first kappa shape index (κ1) is 56.0. The smallest absolute Gasteiger partial charge is 0.252 e. The van der Waals surface area contributed by atoms with Crippen LogP contribution >= 0.6 is 0 Å². The molecule has 430 valence electrons. The lowest BCUT2D eigenvalue weighted by Gasteiger charge is -2.51. The largest absolute Gasteiger partial charge is 0.334 e. The van der Waals surface area contributed by atoms with E-state index in [1.807, 2.05) is 0 Å². The van der Waals surface area contributed by atoms with Gasteiger partial charge in [-0.15, -0.1) is 0 Å². The van der Waals surface area contributed by atoms with Crippen molar-refractivity contribution in [3.05, 3.63) is 172 Å². The third-order valence-electron chi connectivity index (χ3n) is 22.3. The predicted octanol–water partition coefficient (Wildman–Crippen LogP) is 19.7. The standard InChI is InChI=1S/C78H95BN4/c1-70(2,3)50-27-32-55(33-28-50)80-66-47-57(82-63-37-30-52(72(7,8)9)44-59(63)75(16)39-20-22-41-77(75,82)18)34-36-62(66)79-61-35-29-54(74(13,14)15)46-65(61)81(56-26-24-25-51(43-56)71(4,5)6)68-49-58(48-67(80)69(68)79)83-64-38-31-53(73(10,11)12)45-60(64)76(17)40-21-23-42-78(76,83)19/h24-38,43-49H,20-23,39-42H2,1-19H3. The summed E-state index contributed by atoms with van der Waals surface area (Å²) in [4.78, 5) is 11.1. The Morgan fingerprint density at radius 2 is 0.711 bits per heavy atom. The van der Waals surface area contributed by atoms with Crippen LogP contribution < -0.4 is 36.0 Å². The van der Waals surface area contributed by atoms with Gasteiger partial charge in [0.15, 0.2) is 0 Å². The lowest BCUT2D eigenvalue weighted by Crippen LogP contribution is -2.61. The van der Waals surface area contributed by atoms with E-state index in [1.165, 1.54) is 151 Å². The lowest BCUT2D eigenvalue weighted by atomic mass is 9.33. The van der Waals surface area contributed by atoms with E-state index in [2.05, 4.69) is 285 Å². The van der Waals surface area contributed by atoms with E-state index in [9.17, 15) is 0 Å². The molecule has 4 unspecified atom stereocenters. The SMILES string of the molecule is CC(C)(C)c1ccc(N2c3cc(N4c5ccc(C(C)(C)C)cc5C5(C)CCCCC45C)ccc3B3c4ccc(C(C)(C)C)cc4N(c4cccc(C(C)(C)C)c4)c4cc(N5c6ccc(C(C)(C)C)cc6C6(C)CCCCC56C)cc2c43)cc1. The van der Waals surface area contributed by atoms with Crippen molar-refractivity contribution in [3.8, 4) is 0 Å². The summed E-state index contributed by atoms with van der Waals surface area (Å²) in [5.41, 5.74) is 26.5. The summed E-state index contributed by atoms with van der Waals surface area (Å²) in [6.07, 6.45) is 9.60. The summed E-state index contributed by atoms with van der Waals surface area (Å²) >= 11 is 0. The van der Waals surface area contributed by atoms with Crippen molar-refractivity contribution < 1.29 is 0 Å². The Morgan fingerprint density at radius 3 is 1.22 bits per heavy atom. The Kier molecular flexibility index (Phi) is 12.2. The van der Waals surface area contributed by atoms with Crippen LogP contribution in [0, 0.1) is 0 Å². The van der Waals surface area contributed by atoms with Crippen LogP contribution in [0.4, 0.5) is 56.9 Å². The molecule has 7 aromatic rings. The monoisotopic (exact) mass is 1100 g/mol. The van der Waals surface area contributed by atoms with Crippen LogP contribution in [-0.2, 0) is 37.9 Å². The molecule has 4 aliphatic heterocycles. The zero-order valence-corrected chi connectivity index (χ0v) is 54.2. The van der Waals surface area contributed by atoms with Gasteiger partial charge in [0.2, 0.25) is 0 Å². The minimum atomic E-state index is -0.162. The molecule has 0 radical (unpaired) electrons. The number of hydrogen-bond donors (Lipinski definition) is 0. The quantitative estimate of drug-likeness (QED) is 0.163. The molecule has 0 aromatic heterocycles. The van der Waals surface area contributed by atoms with Crippen molar-refractivity contribution in [1.82, 2.24) is 0 Å². The van der Waals surface area contributed by atoms with Crippen molar-refractivity contribution in [3.63, 3.8) is 0 Å². The maximum Gasteiger partial charge on any atom is 0.252 e. The summed E-state index contributed by atoms with van der Waals surface area (Å²) < 4.78 is 0. The minimum Gasteiger partial charge on any atom is -0.334 e. The number of benzene rings is 7. The lowest BCUT2D eigenvalue weighted by molar-refractivity contribution is 0.195. The molecule has 2 fully saturated rings. The zero-order valence-electron chi connectivity index (χ0n) is 54.2. The topological polar surface area (TPSA) is 13.0 Å². The van der Waals surface area contributed by atoms with Crippen molar-refractivity contribution in [2.75, 3.05) is 19.6 Å². The highest BCUT2D eigenvalue weighted by Gasteiger charge is 2.60. The zero-order chi connectivity index (χ0) is 59.1. The van der Waals surface area contributed by atoms with Crippen LogP contribution in [0.1, 0.15) is 222 Å². The molecular weight excluding hydrogens is 1000 g/mol. The molecule has 5 heteroatoms. The summed E-state index contributed by atoms with van der Waals surface area (Å²) in [6.45, 7) is 45.9. The minimum absolute atomic E-state index is 0.000833. The highest BCUT2D eigenvalue weighted by molar-refractivity contribution is 7.00. The van der Waals surface area contributed by atoms with Crippen molar-refractivity contribution >= 4 is 80.0 Å². The van der Waals surface area contributed by atoms with E-state index in [-0.39, 0.29) is 55.7 Å². The molecule has 0 N–H and O–H groups in total. The Morgan fingerprint density at radius 1 is 0.325 bits per heavy atom. The maximum atomic E-state index is 2.86. The molecule has 7 aromatic carbocycles. The molecule has 0 bridgehead atoms. The molecule has 6 aliphatic rings. The van der Waals surface area contributed by atoms with E-state index in [0.29, 0.717) is 0 Å². The van der Waals surface area contributed by atoms with Gasteiger partial charge in [0.1, 0.15) is 0 Å². The molecule has 4 atom stereocenters. The van der Waals surface area contributed by atoms with Gasteiger partial charge in [-0.05, 0) is 189 Å². The van der Waals surface area contributed by atoms with Crippen LogP contribution in [0.2, 0.25) is 0 Å². The second-order valence-electron chi connectivity index (χ2n) is 32.6. The molecule has 0 saturated heterocycles. The van der Waals surface area contributed by atoms with Crippen molar-refractivity contribution in [2.24, 2.45) is 0 Å². The summed E-state index contributed by atoms with van der Waals surface area (Å²) in [5, 5.41) is 0. The van der Waals surface area contributed by atoms with Gasteiger partial charge < -0.3 is 19.6 Å². The first-order valence-corrected chi connectivity index (χ1v) is 32.0. The third-order valence-corrected chi connectivity index (χ3v) is 22.3. The third kappa shape index (κ3) is 8.24. The van der Waals surface area contributed by atoms with Gasteiger partial charge in [0, 0.05) is 67.7 Å². The van der Waals surface area contributed by atoms with Gasteiger partial charge in [-0.25, -0.2) is 0 Å². The Labute approximate surface area is 501 Å². The van der Waals surface area contributed by atoms with Crippen LogP contribution in [0.5, 0.6) is 0 Å². The fraction of sp³-hybridized carbons (Fsp3) is 0.462. The molecule has 4 nitrogen and oxygen atoms in total. The molecule has 0 amide bonds. The Bertz CT molecular complexity index is 3770. The highest BCUT2D eigenvalue weighted by Crippen LogP contribution is 2.64. The fourth-order valence-electron chi connectivity index (χ4n) is 16.7. The second-order valence-corrected chi connectivity index (χ2v) is 32.6. The van der Waals surface area contributed by atoms with Gasteiger partial charge >= 0.3 is 0 Å². The molecule has 0 spiro atoms. The van der Waals surface area contributed by atoms with E-state index in [0.717, 1.165) is 12.8 Å². The van der Waals surface area contributed by atoms with Crippen molar-refractivity contribution in [1.29, 1.82) is 0 Å². The average Bonchev–Trinajstić information content (AvgIpc) is 1.77. The van der Waals surface area contributed by atoms with E-state index in [4.69, 9.17) is 0 Å². The first-order valence-electron chi connectivity index (χ1n) is 32.0. The maximum absolute atomic E-state index is 2.86. The Balaban J connectivity index is 1.14. The first-order chi connectivity index (χ1) is 38.8. The van der Waals surface area contributed by atoms with Gasteiger partial charge in [-0.1, -0.05) is 210 Å². The normalized spacial score (nSPS) is 23.8. The number of rotatable bonds is 4. The summed E-state index contributed by atoms with van der Waals surface area (Å²) in [6, 6.07) is 54.9. The molecule has 4 heterocycles. The molecule has 13 rings (SSSR count). The highest BCUT2D eigenvalue weighted by atomic mass is 15.3. The van der Waals surface area contributed by atoms with Crippen molar-refractivity contribution in [2.45, 2.75) is 232 Å². The molecule has 2 aliphatic carbocycles. The molecular formula is C78H95BN4. The number of anilines is 10. The van der Waals surface area contributed by atoms with Crippen LogP contribution in [0.3, 0.4) is 0 Å². The predicted molar refractivity (Wildman–Crippen MR) is 360 cm³/mol. The number of hydrogen-bond acceptors (Lipinski definition) is 4. The fourth-order valence-corrected chi connectivity index (χ4v) is 16.7. The molecule has 2 saturated carbocycles. The van der Waals surface area contributed by atoms with E-state index < -0.39 is 0 Å². The average molecular weight is 1100 g/mol. The second kappa shape index (κ2) is 18.2. The van der Waals surface area contributed by atoms with Gasteiger partial charge in [-0.3, -0.25) is 0 Å². The molecule has 83 heavy (non-hydrogen) atoms. The summed E-state index contributed by atoms with van der Waals surface area (Å²) in [7, 11) is 0. The van der Waals surface area contributed by atoms with Gasteiger partial charge in [-0.2, -0.15) is 0 Å². The summed E-state index contributed by atoms with van der Waals surface area (Å²) in [5.74, 6) is 0. The van der Waals surface area contributed by atoms with Gasteiger partial charge in [0.05, 0.1) is 11.1 Å². The van der Waals surface area contributed by atoms with E-state index >= 15 is 0 Å². The van der Waals surface area contributed by atoms with Crippen LogP contribution in [-0.4, -0.2) is 17.8 Å². The van der Waals surface area contributed by atoms with E-state index in [1.54, 1.807) is 0 Å². The van der Waals surface area contributed by atoms with Crippen LogP contribution in [0.25, 0.3) is 0 Å². The number of fused-ring (bicyclic) bond motifs is 10. The number of nitrogens with zero attached hydrogens (tertiary/aromatic N) is 4. The Hall–Kier alpha value is -6.20. The van der Waals surface area contributed by atoms with Crippen LogP contribution in [0.15, 0.2) is 133 Å².